The Balaban J connectivity index is 1.32. The fourth-order valence-electron chi connectivity index (χ4n) is 6.28. The highest BCUT2D eigenvalue weighted by atomic mass is 32.1. The van der Waals surface area contributed by atoms with Gasteiger partial charge in [-0.2, -0.15) is 0 Å². The monoisotopic (exact) mass is 643 g/mol. The molecule has 2 amide bonds. The molecule has 0 saturated carbocycles. The Kier molecular flexibility index (Phi) is 7.67. The first-order chi connectivity index (χ1) is 22.2. The molecule has 0 bridgehead atoms. The summed E-state index contributed by atoms with van der Waals surface area (Å²) in [6.07, 6.45) is 2.11. The number of nitrogens with zero attached hydrogens (tertiary/aromatic N) is 4. The maximum absolute atomic E-state index is 14.0. The van der Waals surface area contributed by atoms with Gasteiger partial charge >= 0.3 is 0 Å². The Hall–Kier alpha value is -4.84. The van der Waals surface area contributed by atoms with E-state index in [-0.39, 0.29) is 36.1 Å². The van der Waals surface area contributed by atoms with Crippen LogP contribution in [0.25, 0.3) is 21.9 Å². The number of aromatic nitrogens is 3. The summed E-state index contributed by atoms with van der Waals surface area (Å²) < 4.78 is 46.7. The molecular weight excluding hydrogens is 615 g/mol. The summed E-state index contributed by atoms with van der Waals surface area (Å²) in [5, 5.41) is 11.2. The summed E-state index contributed by atoms with van der Waals surface area (Å²) in [6.45, 7) is 4.33. The van der Waals surface area contributed by atoms with E-state index in [0.29, 0.717) is 62.3 Å². The number of halogens is 3. The number of rotatable bonds is 8. The summed E-state index contributed by atoms with van der Waals surface area (Å²) in [5.74, 6) is -2.33. The van der Waals surface area contributed by atoms with E-state index in [9.17, 15) is 22.8 Å². The third-order valence-corrected chi connectivity index (χ3v) is 9.64. The lowest BCUT2D eigenvalue weighted by Gasteiger charge is -2.19. The van der Waals surface area contributed by atoms with Crippen molar-refractivity contribution in [3.05, 3.63) is 111 Å². The predicted molar refractivity (Wildman–Crippen MR) is 165 cm³/mol. The van der Waals surface area contributed by atoms with Gasteiger partial charge in [-0.15, -0.1) is 21.5 Å². The Morgan fingerprint density at radius 3 is 2.59 bits per heavy atom. The third kappa shape index (κ3) is 5.36. The first-order valence-electron chi connectivity index (χ1n) is 14.9. The van der Waals surface area contributed by atoms with Crippen molar-refractivity contribution in [1.29, 1.82) is 0 Å². The first-order valence-corrected chi connectivity index (χ1v) is 15.8. The summed E-state index contributed by atoms with van der Waals surface area (Å²) in [4.78, 5) is 35.1. The minimum atomic E-state index is -0.991. The van der Waals surface area contributed by atoms with Gasteiger partial charge in [0.15, 0.2) is 11.6 Å². The standard InChI is InChI=1S/C34H28F3N5O3S/c1-17(20-6-8-21(35)9-7-20)14-24-28(33-41-40-18(2)45-33)29(30-31(39-24)25-4-3-13-42(25)34(30)44)26-11-12-27(46-26)32(43)38-16-19-5-10-22(36)23(37)15-19/h5-12,15,17,25H,3-4,13-14,16H2,1-2H3,(H,38,43)/t17-,25-/m0/s1. The molecule has 0 spiro atoms. The van der Waals surface area contributed by atoms with Gasteiger partial charge in [-0.3, -0.25) is 14.6 Å². The molecule has 8 nitrogen and oxygen atoms in total. The van der Waals surface area contributed by atoms with Gasteiger partial charge in [0.05, 0.1) is 33.4 Å². The van der Waals surface area contributed by atoms with Crippen LogP contribution in [0.4, 0.5) is 13.2 Å². The maximum atomic E-state index is 14.0. The molecule has 0 unspecified atom stereocenters. The highest BCUT2D eigenvalue weighted by Gasteiger charge is 2.45. The Bertz CT molecular complexity index is 1990. The lowest BCUT2D eigenvalue weighted by Crippen LogP contribution is -2.23. The Morgan fingerprint density at radius 1 is 1.04 bits per heavy atom. The number of nitrogens with one attached hydrogen (secondary N) is 1. The second kappa shape index (κ2) is 11.8. The van der Waals surface area contributed by atoms with Crippen molar-refractivity contribution in [2.75, 3.05) is 6.54 Å². The van der Waals surface area contributed by atoms with Gasteiger partial charge in [0.1, 0.15) is 5.82 Å². The summed E-state index contributed by atoms with van der Waals surface area (Å²) in [6, 6.07) is 13.1. The molecule has 5 aromatic rings. The number of hydrogen-bond acceptors (Lipinski definition) is 7. The van der Waals surface area contributed by atoms with Crippen LogP contribution in [0, 0.1) is 24.4 Å². The van der Waals surface area contributed by atoms with Crippen LogP contribution in [0.3, 0.4) is 0 Å². The van der Waals surface area contributed by atoms with Crippen molar-refractivity contribution >= 4 is 23.2 Å². The smallest absolute Gasteiger partial charge is 0.261 e. The van der Waals surface area contributed by atoms with Crippen molar-refractivity contribution in [3.8, 4) is 21.9 Å². The van der Waals surface area contributed by atoms with Crippen LogP contribution in [-0.2, 0) is 13.0 Å². The van der Waals surface area contributed by atoms with Crippen molar-refractivity contribution < 1.29 is 27.2 Å². The molecular formula is C34H28F3N5O3S. The zero-order valence-corrected chi connectivity index (χ0v) is 25.8. The maximum Gasteiger partial charge on any atom is 0.261 e. The number of amides is 2. The van der Waals surface area contributed by atoms with Gasteiger partial charge < -0.3 is 14.6 Å². The van der Waals surface area contributed by atoms with Gasteiger partial charge in [-0.1, -0.05) is 25.1 Å². The number of carbonyl (C=O) groups is 2. The van der Waals surface area contributed by atoms with E-state index in [1.54, 1.807) is 31.2 Å². The molecule has 3 aromatic heterocycles. The molecule has 2 atom stereocenters. The molecule has 2 aliphatic heterocycles. The molecule has 46 heavy (non-hydrogen) atoms. The topological polar surface area (TPSA) is 101 Å². The van der Waals surface area contributed by atoms with Crippen LogP contribution < -0.4 is 5.32 Å². The van der Waals surface area contributed by atoms with Crippen LogP contribution in [-0.4, -0.2) is 38.4 Å². The van der Waals surface area contributed by atoms with Crippen LogP contribution in [0.1, 0.15) is 80.2 Å². The van der Waals surface area contributed by atoms with E-state index >= 15 is 0 Å². The Labute approximate surface area is 266 Å². The average molecular weight is 644 g/mol. The molecule has 2 aromatic carbocycles. The predicted octanol–water partition coefficient (Wildman–Crippen LogP) is 7.15. The number of benzene rings is 2. The van der Waals surface area contributed by atoms with Gasteiger partial charge in [0.2, 0.25) is 11.8 Å². The van der Waals surface area contributed by atoms with Gasteiger partial charge in [-0.25, -0.2) is 13.2 Å². The van der Waals surface area contributed by atoms with Crippen LogP contribution >= 0.6 is 11.3 Å². The fraction of sp³-hybridized carbons (Fsp3) is 0.265. The molecule has 0 radical (unpaired) electrons. The lowest BCUT2D eigenvalue weighted by atomic mass is 9.89. The number of hydrogen-bond donors (Lipinski definition) is 1. The van der Waals surface area contributed by atoms with E-state index < -0.39 is 17.5 Å². The normalized spacial score (nSPS) is 16.1. The summed E-state index contributed by atoms with van der Waals surface area (Å²) in [7, 11) is 0. The number of pyridine rings is 1. The molecule has 1 saturated heterocycles. The van der Waals surface area contributed by atoms with E-state index in [2.05, 4.69) is 15.5 Å². The third-order valence-electron chi connectivity index (χ3n) is 8.54. The van der Waals surface area contributed by atoms with Crippen molar-refractivity contribution in [3.63, 3.8) is 0 Å². The number of thiophene rings is 1. The number of carbonyl (C=O) groups excluding carboxylic acids is 2. The zero-order valence-electron chi connectivity index (χ0n) is 24.9. The van der Waals surface area contributed by atoms with E-state index in [1.807, 2.05) is 11.8 Å². The summed E-state index contributed by atoms with van der Waals surface area (Å²) in [5.41, 5.74) is 4.26. The molecule has 1 N–H and O–H groups in total. The molecule has 7 rings (SSSR count). The molecule has 5 heterocycles. The van der Waals surface area contributed by atoms with Crippen LogP contribution in [0.2, 0.25) is 0 Å². The van der Waals surface area contributed by atoms with Crippen LogP contribution in [0.5, 0.6) is 0 Å². The SMILES string of the molecule is Cc1nnc(-c2c(C[C@H](C)c3ccc(F)cc3)nc3c(c2-c2ccc(C(=O)NCc4ccc(F)c(F)c4)s2)C(=O)N2CCC[C@@H]32)o1. The largest absolute Gasteiger partial charge is 0.421 e. The number of aryl methyl sites for hydroxylation is 1. The Morgan fingerprint density at radius 2 is 1.85 bits per heavy atom. The molecule has 2 aliphatic rings. The van der Waals surface area contributed by atoms with Crippen molar-refractivity contribution in [1.82, 2.24) is 25.4 Å². The van der Waals surface area contributed by atoms with E-state index in [4.69, 9.17) is 9.40 Å². The van der Waals surface area contributed by atoms with Crippen molar-refractivity contribution in [2.45, 2.75) is 51.6 Å². The summed E-state index contributed by atoms with van der Waals surface area (Å²) >= 11 is 1.20. The second-order valence-electron chi connectivity index (χ2n) is 11.6. The fourth-order valence-corrected chi connectivity index (χ4v) is 7.26. The van der Waals surface area contributed by atoms with E-state index in [1.165, 1.54) is 29.5 Å². The van der Waals surface area contributed by atoms with Crippen LogP contribution in [0.15, 0.2) is 59.0 Å². The van der Waals surface area contributed by atoms with E-state index in [0.717, 1.165) is 30.5 Å². The highest BCUT2D eigenvalue weighted by Crippen LogP contribution is 2.49. The van der Waals surface area contributed by atoms with Gasteiger partial charge in [0.25, 0.3) is 11.8 Å². The number of fused-ring (bicyclic) bond motifs is 3. The lowest BCUT2D eigenvalue weighted by molar-refractivity contribution is 0.0776. The molecule has 234 valence electrons. The second-order valence-corrected chi connectivity index (χ2v) is 12.7. The molecule has 0 aliphatic carbocycles. The average Bonchev–Trinajstić information content (AvgIpc) is 3.85. The first kappa shape index (κ1) is 29.8. The molecule has 1 fully saturated rings. The minimum Gasteiger partial charge on any atom is -0.421 e. The zero-order chi connectivity index (χ0) is 32.1. The van der Waals surface area contributed by atoms with Crippen molar-refractivity contribution in [2.24, 2.45) is 0 Å². The quantitative estimate of drug-likeness (QED) is 0.193. The van der Waals surface area contributed by atoms with Gasteiger partial charge in [0, 0.05) is 30.5 Å². The van der Waals surface area contributed by atoms with Gasteiger partial charge in [-0.05, 0) is 72.7 Å². The highest BCUT2D eigenvalue weighted by molar-refractivity contribution is 7.17. The minimum absolute atomic E-state index is 0.000974. The molecule has 12 heteroatoms.